The van der Waals surface area contributed by atoms with Crippen LogP contribution in [0.15, 0.2) is 67.0 Å². The van der Waals surface area contributed by atoms with E-state index in [9.17, 15) is 28.0 Å². The summed E-state index contributed by atoms with van der Waals surface area (Å²) in [6.07, 6.45) is 5.78. The number of nitrogens with zero attached hydrogens (tertiary/aromatic N) is 2. The van der Waals surface area contributed by atoms with Gasteiger partial charge in [0.05, 0.1) is 31.2 Å². The van der Waals surface area contributed by atoms with Gasteiger partial charge in [0, 0.05) is 29.3 Å². The number of carbonyl (C=O) groups is 3. The Bertz CT molecular complexity index is 1700. The topological polar surface area (TPSA) is 169 Å². The summed E-state index contributed by atoms with van der Waals surface area (Å²) in [5, 5.41) is 21.1. The van der Waals surface area contributed by atoms with Crippen LogP contribution in [0.5, 0.6) is 0 Å². The zero-order valence-electron chi connectivity index (χ0n) is 24.4. The molecular formula is C31H33ClN4O8S. The van der Waals surface area contributed by atoms with Crippen LogP contribution in [0, 0.1) is 5.21 Å². The van der Waals surface area contributed by atoms with Gasteiger partial charge in [0.15, 0.2) is 12.4 Å². The van der Waals surface area contributed by atoms with E-state index in [1.54, 1.807) is 53.4 Å². The molecule has 1 fully saturated rings. The summed E-state index contributed by atoms with van der Waals surface area (Å²) in [4.78, 5) is 46.5. The molecule has 238 valence electrons. The first-order valence-electron chi connectivity index (χ1n) is 14.4. The van der Waals surface area contributed by atoms with Crippen LogP contribution in [0.25, 0.3) is 0 Å². The number of pyridine rings is 1. The third kappa shape index (κ3) is 7.44. The number of rotatable bonds is 10. The third-order valence-electron chi connectivity index (χ3n) is 8.14. The quantitative estimate of drug-likeness (QED) is 0.170. The van der Waals surface area contributed by atoms with Gasteiger partial charge in [-0.1, -0.05) is 66.9 Å². The van der Waals surface area contributed by atoms with Crippen LogP contribution in [0.3, 0.4) is 0 Å². The Morgan fingerprint density at radius 2 is 1.76 bits per heavy atom. The molecule has 3 aromatic rings. The van der Waals surface area contributed by atoms with E-state index in [2.05, 4.69) is 10.2 Å². The molecule has 0 saturated heterocycles. The number of aromatic nitrogens is 1. The van der Waals surface area contributed by atoms with E-state index in [4.69, 9.17) is 21.5 Å². The largest absolute Gasteiger partial charge is 0.619 e. The summed E-state index contributed by atoms with van der Waals surface area (Å²) in [5.74, 6) is -2.95. The van der Waals surface area contributed by atoms with Gasteiger partial charge in [-0.15, -0.1) is 0 Å². The molecular weight excluding hydrogens is 624 g/mol. The number of amides is 2. The molecule has 4 atom stereocenters. The average molecular weight is 657 g/mol. The molecule has 0 radical (unpaired) electrons. The number of hydrogen-bond acceptors (Lipinski definition) is 7. The predicted octanol–water partition coefficient (Wildman–Crippen LogP) is 2.99. The van der Waals surface area contributed by atoms with Gasteiger partial charge in [-0.05, 0) is 35.6 Å². The Balaban J connectivity index is 1.52. The lowest BCUT2D eigenvalue weighted by molar-refractivity contribution is -0.605. The Kier molecular flexibility index (Phi) is 9.73. The fraction of sp³-hybridized carbons (Fsp3) is 0.355. The van der Waals surface area contributed by atoms with Crippen LogP contribution in [0.4, 0.5) is 0 Å². The Morgan fingerprint density at radius 1 is 1.07 bits per heavy atom. The fourth-order valence-electron chi connectivity index (χ4n) is 6.27. The molecule has 1 aromatic heterocycles. The maximum atomic E-state index is 14.3. The number of hydroxylamine groups is 1. The molecule has 0 unspecified atom stereocenters. The third-order valence-corrected chi connectivity index (χ3v) is 9.18. The number of aliphatic carboxylic acids is 1. The van der Waals surface area contributed by atoms with Crippen LogP contribution < -0.4 is 14.9 Å². The first kappa shape index (κ1) is 32.4. The SMILES string of the molecule is CS(=O)(=O)N[C@H]1CCCC[C@@H]1N1C(=O)c2ccccc2[C@@H](C(=O)NOCc2ccc(CC(=O)O)cc2)[C@@H]1c1cc[n+]([O-])cc1Cl. The van der Waals surface area contributed by atoms with Crippen molar-refractivity contribution in [1.29, 1.82) is 0 Å². The van der Waals surface area contributed by atoms with E-state index >= 15 is 0 Å². The predicted molar refractivity (Wildman–Crippen MR) is 163 cm³/mol. The molecule has 5 rings (SSSR count). The van der Waals surface area contributed by atoms with Gasteiger partial charge in [-0.25, -0.2) is 18.6 Å². The number of sulfonamides is 1. The molecule has 2 amide bonds. The van der Waals surface area contributed by atoms with E-state index in [0.29, 0.717) is 39.8 Å². The fourth-order valence-corrected chi connectivity index (χ4v) is 7.37. The summed E-state index contributed by atoms with van der Waals surface area (Å²) >= 11 is 6.61. The van der Waals surface area contributed by atoms with Crippen molar-refractivity contribution in [3.05, 3.63) is 105 Å². The molecule has 0 spiro atoms. The van der Waals surface area contributed by atoms with E-state index in [-0.39, 0.29) is 29.5 Å². The molecule has 2 aliphatic rings. The van der Waals surface area contributed by atoms with Gasteiger partial charge >= 0.3 is 5.97 Å². The second kappa shape index (κ2) is 13.5. The van der Waals surface area contributed by atoms with Crippen molar-refractivity contribution in [2.24, 2.45) is 0 Å². The van der Waals surface area contributed by atoms with E-state index in [1.165, 1.54) is 12.3 Å². The average Bonchev–Trinajstić information content (AvgIpc) is 2.97. The van der Waals surface area contributed by atoms with Crippen molar-refractivity contribution < 1.29 is 37.5 Å². The minimum atomic E-state index is -3.63. The summed E-state index contributed by atoms with van der Waals surface area (Å²) < 4.78 is 27.9. The Hall–Kier alpha value is -4.04. The summed E-state index contributed by atoms with van der Waals surface area (Å²) in [5.41, 5.74) is 4.89. The van der Waals surface area contributed by atoms with Crippen molar-refractivity contribution in [2.45, 2.75) is 62.8 Å². The van der Waals surface area contributed by atoms with Crippen LogP contribution in [-0.4, -0.2) is 54.5 Å². The lowest BCUT2D eigenvalue weighted by atomic mass is 9.76. The van der Waals surface area contributed by atoms with Crippen molar-refractivity contribution in [2.75, 3.05) is 6.26 Å². The molecule has 1 aliphatic heterocycles. The van der Waals surface area contributed by atoms with Crippen molar-refractivity contribution in [3.63, 3.8) is 0 Å². The van der Waals surface area contributed by atoms with Gasteiger partial charge in [-0.2, -0.15) is 4.73 Å². The number of hydrogen-bond donors (Lipinski definition) is 3. The summed E-state index contributed by atoms with van der Waals surface area (Å²) in [6.45, 7) is -0.0218. The van der Waals surface area contributed by atoms with Gasteiger partial charge in [-0.3, -0.25) is 19.2 Å². The van der Waals surface area contributed by atoms with Crippen LogP contribution in [-0.2, 0) is 37.5 Å². The summed E-state index contributed by atoms with van der Waals surface area (Å²) in [7, 11) is -3.63. The van der Waals surface area contributed by atoms with Crippen molar-refractivity contribution >= 4 is 39.4 Å². The highest BCUT2D eigenvalue weighted by atomic mass is 35.5. The van der Waals surface area contributed by atoms with Gasteiger partial charge in [0.2, 0.25) is 10.0 Å². The lowest BCUT2D eigenvalue weighted by Crippen LogP contribution is -2.59. The van der Waals surface area contributed by atoms with Crippen LogP contribution in [0.1, 0.15) is 70.3 Å². The van der Waals surface area contributed by atoms with E-state index in [1.807, 2.05) is 0 Å². The molecule has 14 heteroatoms. The number of benzene rings is 2. The van der Waals surface area contributed by atoms with Gasteiger partial charge in [0.25, 0.3) is 11.8 Å². The monoisotopic (exact) mass is 656 g/mol. The zero-order chi connectivity index (χ0) is 32.3. The highest BCUT2D eigenvalue weighted by molar-refractivity contribution is 7.88. The number of carbonyl (C=O) groups excluding carboxylic acids is 2. The highest BCUT2D eigenvalue weighted by Crippen LogP contribution is 2.47. The maximum absolute atomic E-state index is 14.3. The number of carboxylic acid groups (broad SMARTS) is 1. The first-order valence-corrected chi connectivity index (χ1v) is 16.7. The highest BCUT2D eigenvalue weighted by Gasteiger charge is 2.49. The standard InChI is InChI=1S/C31H33ClN4O8S/c1-45(42,43)34-25-8-4-5-9-26(25)36-29(23-14-15-35(41)17-24(23)32)28(21-6-2-3-7-22(21)31(36)40)30(39)33-44-18-20-12-10-19(11-13-20)16-27(37)38/h2-3,6-7,10-15,17,25-26,28-29,34H,4-5,8-9,16,18H2,1H3,(H,33,39)(H,37,38)/t25-,26-,28+,29-/m0/s1. The Labute approximate surface area is 265 Å². The number of fused-ring (bicyclic) bond motifs is 1. The molecule has 2 aromatic carbocycles. The molecule has 1 aliphatic carbocycles. The normalized spacial score (nSPS) is 21.6. The number of halogens is 1. The smallest absolute Gasteiger partial charge is 0.307 e. The Morgan fingerprint density at radius 3 is 2.44 bits per heavy atom. The second-order valence-electron chi connectivity index (χ2n) is 11.3. The molecule has 45 heavy (non-hydrogen) atoms. The van der Waals surface area contributed by atoms with Gasteiger partial charge in [0.1, 0.15) is 5.02 Å². The van der Waals surface area contributed by atoms with Crippen LogP contribution in [0.2, 0.25) is 5.02 Å². The lowest BCUT2D eigenvalue weighted by Gasteiger charge is -2.49. The maximum Gasteiger partial charge on any atom is 0.307 e. The molecule has 12 nitrogen and oxygen atoms in total. The molecule has 0 bridgehead atoms. The molecule has 2 heterocycles. The molecule has 1 saturated carbocycles. The minimum Gasteiger partial charge on any atom is -0.619 e. The van der Waals surface area contributed by atoms with E-state index < -0.39 is 45.9 Å². The minimum absolute atomic E-state index is 0.0218. The first-order chi connectivity index (χ1) is 21.4. The van der Waals surface area contributed by atoms with Crippen molar-refractivity contribution in [3.8, 4) is 0 Å². The van der Waals surface area contributed by atoms with Crippen molar-refractivity contribution in [1.82, 2.24) is 15.1 Å². The zero-order valence-corrected chi connectivity index (χ0v) is 26.0. The van der Waals surface area contributed by atoms with E-state index in [0.717, 1.165) is 25.3 Å². The number of nitrogens with one attached hydrogen (secondary N) is 2. The van der Waals surface area contributed by atoms with Gasteiger partial charge < -0.3 is 15.2 Å². The summed E-state index contributed by atoms with van der Waals surface area (Å²) in [6, 6.07) is 12.7. The number of carboxylic acids is 1. The second-order valence-corrected chi connectivity index (χ2v) is 13.5. The van der Waals surface area contributed by atoms with Crippen LogP contribution >= 0.6 is 11.6 Å². The molecule has 3 N–H and O–H groups in total.